The molecule has 2 aromatic rings. The SMILES string of the molecule is CCn1ccnc1C(Cc1cc(C)ccc1C)NC. The molecule has 0 aliphatic heterocycles. The summed E-state index contributed by atoms with van der Waals surface area (Å²) in [5.41, 5.74) is 4.06. The third kappa shape index (κ3) is 3.04. The zero-order valence-electron chi connectivity index (χ0n) is 12.3. The number of hydrogen-bond donors (Lipinski definition) is 1. The zero-order valence-corrected chi connectivity index (χ0v) is 12.3. The van der Waals surface area contributed by atoms with Gasteiger partial charge in [0.15, 0.2) is 0 Å². The molecule has 0 bridgehead atoms. The molecule has 2 rings (SSSR count). The number of aromatic nitrogens is 2. The lowest BCUT2D eigenvalue weighted by atomic mass is 9.98. The highest BCUT2D eigenvalue weighted by Crippen LogP contribution is 2.20. The van der Waals surface area contributed by atoms with Gasteiger partial charge in [-0.05, 0) is 45.4 Å². The monoisotopic (exact) mass is 257 g/mol. The van der Waals surface area contributed by atoms with Gasteiger partial charge < -0.3 is 9.88 Å². The Bertz CT molecular complexity index is 543. The number of nitrogens with one attached hydrogen (secondary N) is 1. The molecule has 0 spiro atoms. The molecule has 19 heavy (non-hydrogen) atoms. The van der Waals surface area contributed by atoms with Crippen LogP contribution in [0.5, 0.6) is 0 Å². The Hall–Kier alpha value is -1.61. The third-order valence-electron chi connectivity index (χ3n) is 3.68. The Labute approximate surface area is 115 Å². The smallest absolute Gasteiger partial charge is 0.126 e. The molecule has 1 atom stereocenters. The summed E-state index contributed by atoms with van der Waals surface area (Å²) in [6.45, 7) is 7.42. The maximum atomic E-state index is 4.51. The van der Waals surface area contributed by atoms with Crippen molar-refractivity contribution in [3.63, 3.8) is 0 Å². The molecule has 0 aliphatic rings. The summed E-state index contributed by atoms with van der Waals surface area (Å²) in [7, 11) is 2.00. The highest BCUT2D eigenvalue weighted by atomic mass is 15.1. The number of aryl methyl sites for hydroxylation is 3. The maximum Gasteiger partial charge on any atom is 0.126 e. The molecule has 0 saturated carbocycles. The third-order valence-corrected chi connectivity index (χ3v) is 3.68. The van der Waals surface area contributed by atoms with Gasteiger partial charge in [0.25, 0.3) is 0 Å². The molecule has 102 valence electrons. The van der Waals surface area contributed by atoms with Crippen LogP contribution in [0, 0.1) is 13.8 Å². The van der Waals surface area contributed by atoms with Gasteiger partial charge >= 0.3 is 0 Å². The maximum absolute atomic E-state index is 4.51. The highest BCUT2D eigenvalue weighted by molar-refractivity contribution is 5.31. The molecule has 1 heterocycles. The fraction of sp³-hybridized carbons (Fsp3) is 0.438. The number of rotatable bonds is 5. The van der Waals surface area contributed by atoms with E-state index in [1.807, 2.05) is 19.4 Å². The first-order valence-electron chi connectivity index (χ1n) is 6.90. The Balaban J connectivity index is 2.26. The summed E-state index contributed by atoms with van der Waals surface area (Å²) in [6.07, 6.45) is 4.90. The minimum Gasteiger partial charge on any atom is -0.334 e. The molecule has 3 nitrogen and oxygen atoms in total. The fourth-order valence-corrected chi connectivity index (χ4v) is 2.46. The average molecular weight is 257 g/mol. The van der Waals surface area contributed by atoms with Gasteiger partial charge in [0.2, 0.25) is 0 Å². The molecular weight excluding hydrogens is 234 g/mol. The van der Waals surface area contributed by atoms with Crippen LogP contribution in [0.2, 0.25) is 0 Å². The summed E-state index contributed by atoms with van der Waals surface area (Å²) < 4.78 is 2.20. The number of nitrogens with zero attached hydrogens (tertiary/aromatic N) is 2. The first-order chi connectivity index (χ1) is 9.15. The fourth-order valence-electron chi connectivity index (χ4n) is 2.46. The van der Waals surface area contributed by atoms with Crippen molar-refractivity contribution in [3.8, 4) is 0 Å². The summed E-state index contributed by atoms with van der Waals surface area (Å²) in [4.78, 5) is 4.51. The molecule has 1 unspecified atom stereocenters. The van der Waals surface area contributed by atoms with Crippen LogP contribution in [0.4, 0.5) is 0 Å². The normalized spacial score (nSPS) is 12.6. The van der Waals surface area contributed by atoms with Crippen LogP contribution in [0.25, 0.3) is 0 Å². The van der Waals surface area contributed by atoms with Gasteiger partial charge in [0.05, 0.1) is 6.04 Å². The van der Waals surface area contributed by atoms with Crippen molar-refractivity contribution in [2.24, 2.45) is 0 Å². The van der Waals surface area contributed by atoms with Crippen molar-refractivity contribution in [1.82, 2.24) is 14.9 Å². The van der Waals surface area contributed by atoms with E-state index in [4.69, 9.17) is 0 Å². The van der Waals surface area contributed by atoms with E-state index in [-0.39, 0.29) is 6.04 Å². The second-order valence-corrected chi connectivity index (χ2v) is 5.05. The molecule has 1 aromatic heterocycles. The first kappa shape index (κ1) is 13.8. The highest BCUT2D eigenvalue weighted by Gasteiger charge is 2.16. The zero-order chi connectivity index (χ0) is 13.8. The molecule has 3 heteroatoms. The number of benzene rings is 1. The summed E-state index contributed by atoms with van der Waals surface area (Å²) in [5.74, 6) is 1.12. The predicted molar refractivity (Wildman–Crippen MR) is 79.3 cm³/mol. The molecule has 0 aliphatic carbocycles. The van der Waals surface area contributed by atoms with Crippen LogP contribution in [0.1, 0.15) is 35.5 Å². The van der Waals surface area contributed by atoms with E-state index in [9.17, 15) is 0 Å². The van der Waals surface area contributed by atoms with Gasteiger partial charge in [-0.2, -0.15) is 0 Å². The van der Waals surface area contributed by atoms with Gasteiger partial charge in [0.1, 0.15) is 5.82 Å². The summed E-state index contributed by atoms with van der Waals surface area (Å²) in [6, 6.07) is 6.90. The Morgan fingerprint density at radius 3 is 2.79 bits per heavy atom. The van der Waals surface area contributed by atoms with E-state index >= 15 is 0 Å². The second-order valence-electron chi connectivity index (χ2n) is 5.05. The molecule has 0 radical (unpaired) electrons. The topological polar surface area (TPSA) is 29.9 Å². The molecule has 1 aromatic carbocycles. The predicted octanol–water partition coefficient (Wildman–Crippen LogP) is 3.02. The summed E-state index contributed by atoms with van der Waals surface area (Å²) >= 11 is 0. The quantitative estimate of drug-likeness (QED) is 0.892. The molecule has 0 saturated heterocycles. The van der Waals surface area contributed by atoms with Crippen molar-refractivity contribution in [2.45, 2.75) is 39.8 Å². The van der Waals surface area contributed by atoms with Crippen LogP contribution >= 0.6 is 0 Å². The lowest BCUT2D eigenvalue weighted by molar-refractivity contribution is 0.522. The minimum absolute atomic E-state index is 0.260. The largest absolute Gasteiger partial charge is 0.334 e. The van der Waals surface area contributed by atoms with Crippen molar-refractivity contribution < 1.29 is 0 Å². The molecule has 1 N–H and O–H groups in total. The van der Waals surface area contributed by atoms with E-state index in [2.05, 4.69) is 53.8 Å². The Morgan fingerprint density at radius 2 is 2.11 bits per heavy atom. The Kier molecular flexibility index (Phi) is 4.38. The van der Waals surface area contributed by atoms with E-state index in [0.717, 1.165) is 18.8 Å². The lowest BCUT2D eigenvalue weighted by Gasteiger charge is -2.18. The second kappa shape index (κ2) is 6.02. The van der Waals surface area contributed by atoms with Crippen LogP contribution in [0.3, 0.4) is 0 Å². The van der Waals surface area contributed by atoms with E-state index in [0.29, 0.717) is 0 Å². The van der Waals surface area contributed by atoms with Crippen LogP contribution in [-0.2, 0) is 13.0 Å². The van der Waals surface area contributed by atoms with Crippen LogP contribution < -0.4 is 5.32 Å². The van der Waals surface area contributed by atoms with Crippen LogP contribution in [0.15, 0.2) is 30.6 Å². The Morgan fingerprint density at radius 1 is 1.32 bits per heavy atom. The van der Waals surface area contributed by atoms with E-state index in [1.165, 1.54) is 16.7 Å². The van der Waals surface area contributed by atoms with E-state index < -0.39 is 0 Å². The van der Waals surface area contributed by atoms with Crippen molar-refractivity contribution in [1.29, 1.82) is 0 Å². The average Bonchev–Trinajstić information content (AvgIpc) is 2.88. The van der Waals surface area contributed by atoms with Gasteiger partial charge in [-0.25, -0.2) is 4.98 Å². The molecular formula is C16H23N3. The lowest BCUT2D eigenvalue weighted by Crippen LogP contribution is -2.23. The van der Waals surface area contributed by atoms with Crippen LogP contribution in [-0.4, -0.2) is 16.6 Å². The number of likely N-dealkylation sites (N-methyl/N-ethyl adjacent to an activating group) is 1. The van der Waals surface area contributed by atoms with Crippen molar-refractivity contribution in [2.75, 3.05) is 7.05 Å². The van der Waals surface area contributed by atoms with Gasteiger partial charge in [-0.3, -0.25) is 0 Å². The van der Waals surface area contributed by atoms with Crippen molar-refractivity contribution >= 4 is 0 Å². The standard InChI is InChI=1S/C16H23N3/c1-5-19-9-8-18-16(19)15(17-4)11-14-10-12(2)6-7-13(14)3/h6-10,15,17H,5,11H2,1-4H3. The van der Waals surface area contributed by atoms with Gasteiger partial charge in [-0.15, -0.1) is 0 Å². The van der Waals surface area contributed by atoms with Gasteiger partial charge in [-0.1, -0.05) is 23.8 Å². The minimum atomic E-state index is 0.260. The number of imidazole rings is 1. The number of hydrogen-bond acceptors (Lipinski definition) is 2. The first-order valence-corrected chi connectivity index (χ1v) is 6.90. The van der Waals surface area contributed by atoms with Crippen molar-refractivity contribution in [3.05, 3.63) is 53.1 Å². The molecule has 0 fully saturated rings. The molecule has 0 amide bonds. The van der Waals surface area contributed by atoms with E-state index in [1.54, 1.807) is 0 Å². The van der Waals surface area contributed by atoms with Gasteiger partial charge in [0, 0.05) is 18.9 Å². The summed E-state index contributed by atoms with van der Waals surface area (Å²) in [5, 5.41) is 3.39.